The van der Waals surface area contributed by atoms with E-state index in [-0.39, 0.29) is 11.7 Å². The van der Waals surface area contributed by atoms with Gasteiger partial charge in [-0.05, 0) is 49.8 Å². The summed E-state index contributed by atoms with van der Waals surface area (Å²) in [5.74, 6) is 0.933. The van der Waals surface area contributed by atoms with Crippen molar-refractivity contribution in [2.75, 3.05) is 7.05 Å². The molecule has 0 aliphatic heterocycles. The standard InChI is InChI=1S/C15H21NO2/c1-11-6-8-13(9-7-11)16(2)15(18)12-4-3-5-14(17)10-12/h3-5,10-11,13,17H,6-9H2,1-2H3. The summed E-state index contributed by atoms with van der Waals surface area (Å²) in [6.07, 6.45) is 4.56. The summed E-state index contributed by atoms with van der Waals surface area (Å²) < 4.78 is 0. The summed E-state index contributed by atoms with van der Waals surface area (Å²) in [5.41, 5.74) is 0.566. The van der Waals surface area contributed by atoms with E-state index in [0.29, 0.717) is 11.6 Å². The molecule has 0 heterocycles. The van der Waals surface area contributed by atoms with E-state index in [1.54, 1.807) is 18.2 Å². The summed E-state index contributed by atoms with van der Waals surface area (Å²) in [4.78, 5) is 14.1. The second kappa shape index (κ2) is 5.42. The predicted molar refractivity (Wildman–Crippen MR) is 71.6 cm³/mol. The van der Waals surface area contributed by atoms with Gasteiger partial charge in [0.25, 0.3) is 5.91 Å². The van der Waals surface area contributed by atoms with E-state index in [2.05, 4.69) is 6.92 Å². The van der Waals surface area contributed by atoms with Gasteiger partial charge in [0.05, 0.1) is 0 Å². The number of rotatable bonds is 2. The Balaban J connectivity index is 2.04. The molecule has 3 nitrogen and oxygen atoms in total. The highest BCUT2D eigenvalue weighted by Crippen LogP contribution is 2.27. The number of amides is 1. The van der Waals surface area contributed by atoms with E-state index in [1.165, 1.54) is 18.9 Å². The van der Waals surface area contributed by atoms with Crippen LogP contribution in [0.15, 0.2) is 24.3 Å². The van der Waals surface area contributed by atoms with Crippen molar-refractivity contribution in [1.29, 1.82) is 0 Å². The molecule has 1 aromatic rings. The number of hydrogen-bond donors (Lipinski definition) is 1. The number of nitrogens with zero attached hydrogens (tertiary/aromatic N) is 1. The first-order valence-electron chi connectivity index (χ1n) is 6.64. The van der Waals surface area contributed by atoms with Crippen molar-refractivity contribution in [3.05, 3.63) is 29.8 Å². The van der Waals surface area contributed by atoms with E-state index < -0.39 is 0 Å². The van der Waals surface area contributed by atoms with Gasteiger partial charge in [0.1, 0.15) is 5.75 Å². The van der Waals surface area contributed by atoms with Gasteiger partial charge in [-0.2, -0.15) is 0 Å². The molecule has 0 saturated heterocycles. The third kappa shape index (κ3) is 2.84. The zero-order valence-electron chi connectivity index (χ0n) is 11.1. The zero-order chi connectivity index (χ0) is 13.1. The molecule has 0 bridgehead atoms. The van der Waals surface area contributed by atoms with Gasteiger partial charge in [0.2, 0.25) is 0 Å². The van der Waals surface area contributed by atoms with E-state index >= 15 is 0 Å². The van der Waals surface area contributed by atoms with Gasteiger partial charge in [0.15, 0.2) is 0 Å². The molecule has 0 radical (unpaired) electrons. The van der Waals surface area contributed by atoms with Crippen LogP contribution in [-0.4, -0.2) is 29.0 Å². The maximum atomic E-state index is 12.3. The van der Waals surface area contributed by atoms with Crippen molar-refractivity contribution in [1.82, 2.24) is 4.90 Å². The fourth-order valence-corrected chi connectivity index (χ4v) is 2.64. The fourth-order valence-electron chi connectivity index (χ4n) is 2.64. The normalized spacial score (nSPS) is 23.7. The first-order valence-corrected chi connectivity index (χ1v) is 6.64. The molecule has 3 heteroatoms. The highest BCUT2D eigenvalue weighted by atomic mass is 16.3. The van der Waals surface area contributed by atoms with Gasteiger partial charge in [-0.3, -0.25) is 4.79 Å². The van der Waals surface area contributed by atoms with Gasteiger partial charge in [-0.25, -0.2) is 0 Å². The van der Waals surface area contributed by atoms with Crippen molar-refractivity contribution in [3.63, 3.8) is 0 Å². The Labute approximate surface area is 108 Å². The molecule has 1 N–H and O–H groups in total. The summed E-state index contributed by atoms with van der Waals surface area (Å²) in [6.45, 7) is 2.27. The van der Waals surface area contributed by atoms with Crippen LogP contribution in [0.5, 0.6) is 5.75 Å². The Kier molecular flexibility index (Phi) is 3.90. The Bertz CT molecular complexity index is 422. The lowest BCUT2D eigenvalue weighted by Crippen LogP contribution is -2.39. The summed E-state index contributed by atoms with van der Waals surface area (Å²) in [5, 5.41) is 9.42. The molecule has 1 saturated carbocycles. The molecule has 2 rings (SSSR count). The third-order valence-electron chi connectivity index (χ3n) is 3.95. The van der Waals surface area contributed by atoms with Crippen LogP contribution in [0.4, 0.5) is 0 Å². The number of hydrogen-bond acceptors (Lipinski definition) is 2. The average Bonchev–Trinajstić information content (AvgIpc) is 2.38. The minimum absolute atomic E-state index is 0.00505. The molecule has 0 atom stereocenters. The van der Waals surface area contributed by atoms with Crippen LogP contribution in [0.2, 0.25) is 0 Å². The molecule has 98 valence electrons. The Morgan fingerprint density at radius 1 is 1.28 bits per heavy atom. The summed E-state index contributed by atoms with van der Waals surface area (Å²) >= 11 is 0. The molecule has 0 aromatic heterocycles. The molecule has 1 aliphatic carbocycles. The van der Waals surface area contributed by atoms with E-state index in [1.807, 2.05) is 11.9 Å². The molecule has 0 unspecified atom stereocenters. The molecule has 0 spiro atoms. The number of phenols is 1. The second-order valence-corrected chi connectivity index (χ2v) is 5.38. The van der Waals surface area contributed by atoms with Gasteiger partial charge < -0.3 is 10.0 Å². The Morgan fingerprint density at radius 3 is 2.56 bits per heavy atom. The van der Waals surface area contributed by atoms with E-state index in [9.17, 15) is 9.90 Å². The lowest BCUT2D eigenvalue weighted by Gasteiger charge is -2.33. The third-order valence-corrected chi connectivity index (χ3v) is 3.95. The van der Waals surface area contributed by atoms with Crippen LogP contribution in [-0.2, 0) is 0 Å². The largest absolute Gasteiger partial charge is 0.508 e. The first-order chi connectivity index (χ1) is 8.58. The van der Waals surface area contributed by atoms with Gasteiger partial charge >= 0.3 is 0 Å². The first kappa shape index (κ1) is 12.9. The monoisotopic (exact) mass is 247 g/mol. The lowest BCUT2D eigenvalue weighted by molar-refractivity contribution is 0.0679. The van der Waals surface area contributed by atoms with Crippen molar-refractivity contribution in [2.24, 2.45) is 5.92 Å². The van der Waals surface area contributed by atoms with E-state index in [0.717, 1.165) is 18.8 Å². The van der Waals surface area contributed by atoms with Gasteiger partial charge in [-0.15, -0.1) is 0 Å². The van der Waals surface area contributed by atoms with Gasteiger partial charge in [0, 0.05) is 18.7 Å². The molecular weight excluding hydrogens is 226 g/mol. The molecule has 18 heavy (non-hydrogen) atoms. The van der Waals surface area contributed by atoms with Gasteiger partial charge in [-0.1, -0.05) is 13.0 Å². The molecule has 1 aromatic carbocycles. The molecule has 1 aliphatic rings. The molecular formula is C15H21NO2. The van der Waals surface area contributed by atoms with Crippen molar-refractivity contribution in [3.8, 4) is 5.75 Å². The Morgan fingerprint density at radius 2 is 1.94 bits per heavy atom. The predicted octanol–water partition coefficient (Wildman–Crippen LogP) is 3.04. The lowest BCUT2D eigenvalue weighted by atomic mass is 9.86. The van der Waals surface area contributed by atoms with Crippen molar-refractivity contribution < 1.29 is 9.90 Å². The van der Waals surface area contributed by atoms with Crippen LogP contribution in [0.25, 0.3) is 0 Å². The van der Waals surface area contributed by atoms with Crippen LogP contribution in [0.3, 0.4) is 0 Å². The van der Waals surface area contributed by atoms with Crippen molar-refractivity contribution >= 4 is 5.91 Å². The fraction of sp³-hybridized carbons (Fsp3) is 0.533. The highest BCUT2D eigenvalue weighted by molar-refractivity contribution is 5.94. The number of phenolic OH excluding ortho intramolecular Hbond substituents is 1. The average molecular weight is 247 g/mol. The van der Waals surface area contributed by atoms with Crippen LogP contribution >= 0.6 is 0 Å². The number of carbonyl (C=O) groups is 1. The van der Waals surface area contributed by atoms with Crippen LogP contribution in [0, 0.1) is 5.92 Å². The topological polar surface area (TPSA) is 40.5 Å². The van der Waals surface area contributed by atoms with Crippen LogP contribution < -0.4 is 0 Å². The van der Waals surface area contributed by atoms with E-state index in [4.69, 9.17) is 0 Å². The summed E-state index contributed by atoms with van der Waals surface area (Å²) in [6, 6.07) is 6.92. The minimum Gasteiger partial charge on any atom is -0.508 e. The second-order valence-electron chi connectivity index (χ2n) is 5.38. The Hall–Kier alpha value is -1.51. The molecule has 1 fully saturated rings. The molecule has 1 amide bonds. The zero-order valence-corrected chi connectivity index (χ0v) is 11.1. The maximum absolute atomic E-state index is 12.3. The quantitative estimate of drug-likeness (QED) is 0.872. The van der Waals surface area contributed by atoms with Crippen molar-refractivity contribution in [2.45, 2.75) is 38.6 Å². The maximum Gasteiger partial charge on any atom is 0.253 e. The number of benzene rings is 1. The minimum atomic E-state index is 0.00505. The number of aromatic hydroxyl groups is 1. The highest BCUT2D eigenvalue weighted by Gasteiger charge is 2.25. The number of carbonyl (C=O) groups excluding carboxylic acids is 1. The SMILES string of the molecule is CC1CCC(N(C)C(=O)c2cccc(O)c2)CC1. The van der Waals surface area contributed by atoms with Crippen LogP contribution in [0.1, 0.15) is 43.0 Å². The summed E-state index contributed by atoms with van der Waals surface area (Å²) in [7, 11) is 1.87. The smallest absolute Gasteiger partial charge is 0.253 e.